The molecule has 0 aromatic carbocycles. The molecule has 1 aliphatic heterocycles. The van der Waals surface area contributed by atoms with E-state index in [2.05, 4.69) is 14.9 Å². The van der Waals surface area contributed by atoms with Crippen molar-refractivity contribution in [1.29, 1.82) is 0 Å². The minimum absolute atomic E-state index is 0.0658. The number of ether oxygens (including phenoxy) is 1. The fourth-order valence-electron chi connectivity index (χ4n) is 2.13. The Morgan fingerprint density at radius 3 is 3.05 bits per heavy atom. The number of rotatable bonds is 4. The Balaban J connectivity index is 2.07. The lowest BCUT2D eigenvalue weighted by Crippen LogP contribution is -2.40. The minimum atomic E-state index is -0.623. The zero-order valence-electron chi connectivity index (χ0n) is 10.6. The number of likely N-dealkylation sites (N-methyl/N-ethyl adjacent to an activating group) is 1. The van der Waals surface area contributed by atoms with Gasteiger partial charge in [0.05, 0.1) is 4.92 Å². The number of aromatic nitrogens is 2. The Kier molecular flexibility index (Phi) is 4.49. The second-order valence-electron chi connectivity index (χ2n) is 4.52. The van der Waals surface area contributed by atoms with Crippen molar-refractivity contribution in [3.8, 4) is 5.88 Å². The number of nitro groups is 1. The Morgan fingerprint density at radius 1 is 1.58 bits per heavy atom. The highest BCUT2D eigenvalue weighted by atomic mass is 35.5. The van der Waals surface area contributed by atoms with E-state index in [4.69, 9.17) is 16.3 Å². The van der Waals surface area contributed by atoms with Crippen molar-refractivity contribution in [3.05, 3.63) is 21.6 Å². The molecule has 104 valence electrons. The van der Waals surface area contributed by atoms with Crippen molar-refractivity contribution < 1.29 is 9.66 Å². The predicted molar refractivity (Wildman–Crippen MR) is 69.5 cm³/mol. The van der Waals surface area contributed by atoms with E-state index in [9.17, 15) is 10.1 Å². The maximum absolute atomic E-state index is 10.9. The van der Waals surface area contributed by atoms with Crippen molar-refractivity contribution in [2.24, 2.45) is 0 Å². The molecule has 0 N–H and O–H groups in total. The molecule has 0 saturated carbocycles. The van der Waals surface area contributed by atoms with E-state index in [1.165, 1.54) is 6.42 Å². The summed E-state index contributed by atoms with van der Waals surface area (Å²) in [5.74, 6) is -0.0658. The molecule has 2 heterocycles. The van der Waals surface area contributed by atoms with E-state index in [0.29, 0.717) is 6.61 Å². The van der Waals surface area contributed by atoms with Gasteiger partial charge in [-0.25, -0.2) is 4.98 Å². The topological polar surface area (TPSA) is 81.4 Å². The lowest BCUT2D eigenvalue weighted by molar-refractivity contribution is -0.386. The van der Waals surface area contributed by atoms with Crippen LogP contribution >= 0.6 is 11.6 Å². The van der Waals surface area contributed by atoms with Gasteiger partial charge < -0.3 is 9.64 Å². The van der Waals surface area contributed by atoms with Crippen molar-refractivity contribution in [3.63, 3.8) is 0 Å². The maximum atomic E-state index is 10.9. The Hall–Kier alpha value is -1.47. The maximum Gasteiger partial charge on any atom is 0.367 e. The van der Waals surface area contributed by atoms with E-state index < -0.39 is 4.92 Å². The molecule has 8 heteroatoms. The minimum Gasteiger partial charge on any atom is -0.471 e. The summed E-state index contributed by atoms with van der Waals surface area (Å²) in [5.41, 5.74) is -0.373. The average molecular weight is 287 g/mol. The van der Waals surface area contributed by atoms with Crippen molar-refractivity contribution in [2.45, 2.75) is 25.3 Å². The van der Waals surface area contributed by atoms with Gasteiger partial charge >= 0.3 is 5.69 Å². The molecule has 1 aromatic heterocycles. The molecule has 1 saturated heterocycles. The molecular weight excluding hydrogens is 272 g/mol. The van der Waals surface area contributed by atoms with Gasteiger partial charge in [-0.05, 0) is 26.4 Å². The van der Waals surface area contributed by atoms with Gasteiger partial charge in [0.2, 0.25) is 5.15 Å². The van der Waals surface area contributed by atoms with Crippen LogP contribution in [0.2, 0.25) is 5.15 Å². The van der Waals surface area contributed by atoms with Crippen LogP contribution in [0.15, 0.2) is 6.33 Å². The van der Waals surface area contributed by atoms with Crippen LogP contribution in [0.4, 0.5) is 5.69 Å². The van der Waals surface area contributed by atoms with Gasteiger partial charge in [-0.1, -0.05) is 18.0 Å². The number of nitrogens with zero attached hydrogens (tertiary/aromatic N) is 4. The largest absolute Gasteiger partial charge is 0.471 e. The van der Waals surface area contributed by atoms with Gasteiger partial charge in [-0.3, -0.25) is 10.1 Å². The summed E-state index contributed by atoms with van der Waals surface area (Å²) in [4.78, 5) is 19.9. The first-order chi connectivity index (χ1) is 9.09. The van der Waals surface area contributed by atoms with E-state index in [1.807, 2.05) is 7.05 Å². The molecular formula is C11H15ClN4O3. The van der Waals surface area contributed by atoms with Crippen LogP contribution in [0, 0.1) is 10.1 Å². The first kappa shape index (κ1) is 14.0. The highest BCUT2D eigenvalue weighted by molar-refractivity contribution is 6.31. The van der Waals surface area contributed by atoms with Gasteiger partial charge in [0, 0.05) is 6.04 Å². The van der Waals surface area contributed by atoms with E-state index >= 15 is 0 Å². The standard InChI is InChI=1S/C11H15ClN4O3/c1-15-5-3-2-4-8(15)6-19-11-9(16(17)18)10(12)13-7-14-11/h7-8H,2-6H2,1H3. The van der Waals surface area contributed by atoms with Crippen LogP contribution in [0.25, 0.3) is 0 Å². The third kappa shape index (κ3) is 3.30. The SMILES string of the molecule is CN1CCCCC1COc1ncnc(Cl)c1[N+](=O)[O-]. The van der Waals surface area contributed by atoms with Crippen LogP contribution < -0.4 is 4.74 Å². The summed E-state index contributed by atoms with van der Waals surface area (Å²) in [5, 5.41) is 10.7. The van der Waals surface area contributed by atoms with Crippen LogP contribution in [-0.2, 0) is 0 Å². The number of hydrogen-bond acceptors (Lipinski definition) is 6. The lowest BCUT2D eigenvalue weighted by atomic mass is 10.0. The molecule has 0 radical (unpaired) electrons. The Morgan fingerprint density at radius 2 is 2.37 bits per heavy atom. The first-order valence-corrected chi connectivity index (χ1v) is 6.45. The van der Waals surface area contributed by atoms with E-state index in [0.717, 1.165) is 25.7 Å². The summed E-state index contributed by atoms with van der Waals surface area (Å²) < 4.78 is 5.47. The molecule has 0 aliphatic carbocycles. The number of hydrogen-bond donors (Lipinski definition) is 0. The number of halogens is 1. The molecule has 7 nitrogen and oxygen atoms in total. The monoisotopic (exact) mass is 286 g/mol. The molecule has 1 aliphatic rings. The molecule has 0 amide bonds. The van der Waals surface area contributed by atoms with Gasteiger partial charge in [-0.2, -0.15) is 4.98 Å². The average Bonchev–Trinajstić information content (AvgIpc) is 2.37. The summed E-state index contributed by atoms with van der Waals surface area (Å²) in [7, 11) is 2.02. The van der Waals surface area contributed by atoms with Crippen molar-refractivity contribution in [1.82, 2.24) is 14.9 Å². The second kappa shape index (κ2) is 6.12. The molecule has 1 fully saturated rings. The molecule has 0 spiro atoms. The van der Waals surface area contributed by atoms with Gasteiger partial charge in [0.15, 0.2) is 0 Å². The van der Waals surface area contributed by atoms with Crippen LogP contribution in [0.3, 0.4) is 0 Å². The van der Waals surface area contributed by atoms with Crippen LogP contribution in [-0.4, -0.2) is 46.0 Å². The molecule has 19 heavy (non-hydrogen) atoms. The highest BCUT2D eigenvalue weighted by Crippen LogP contribution is 2.30. The Bertz CT molecular complexity index is 471. The zero-order valence-corrected chi connectivity index (χ0v) is 11.3. The number of likely N-dealkylation sites (tertiary alicyclic amines) is 1. The van der Waals surface area contributed by atoms with Crippen LogP contribution in [0.1, 0.15) is 19.3 Å². The fraction of sp³-hybridized carbons (Fsp3) is 0.636. The van der Waals surface area contributed by atoms with Gasteiger partial charge in [-0.15, -0.1) is 0 Å². The van der Waals surface area contributed by atoms with Gasteiger partial charge in [0.25, 0.3) is 5.88 Å². The van der Waals surface area contributed by atoms with Gasteiger partial charge in [0.1, 0.15) is 12.9 Å². The zero-order chi connectivity index (χ0) is 13.8. The fourth-order valence-corrected chi connectivity index (χ4v) is 2.32. The predicted octanol–water partition coefficient (Wildman–Crippen LogP) is 1.90. The Labute approximate surface area is 115 Å². The third-order valence-electron chi connectivity index (χ3n) is 3.26. The van der Waals surface area contributed by atoms with Crippen molar-refractivity contribution in [2.75, 3.05) is 20.2 Å². The molecule has 0 bridgehead atoms. The van der Waals surface area contributed by atoms with Crippen LogP contribution in [0.5, 0.6) is 5.88 Å². The molecule has 1 atom stereocenters. The normalized spacial score (nSPS) is 20.2. The third-order valence-corrected chi connectivity index (χ3v) is 3.54. The first-order valence-electron chi connectivity index (χ1n) is 6.07. The smallest absolute Gasteiger partial charge is 0.367 e. The van der Waals surface area contributed by atoms with Crippen molar-refractivity contribution >= 4 is 17.3 Å². The summed E-state index contributed by atoms with van der Waals surface area (Å²) in [6, 6.07) is 0.252. The lowest BCUT2D eigenvalue weighted by Gasteiger charge is -2.31. The second-order valence-corrected chi connectivity index (χ2v) is 4.87. The highest BCUT2D eigenvalue weighted by Gasteiger charge is 2.25. The quantitative estimate of drug-likeness (QED) is 0.478. The number of piperidine rings is 1. The molecule has 1 unspecified atom stereocenters. The summed E-state index contributed by atoms with van der Waals surface area (Å²) in [6.45, 7) is 1.38. The van der Waals surface area contributed by atoms with E-state index in [-0.39, 0.29) is 22.8 Å². The van der Waals surface area contributed by atoms with E-state index in [1.54, 1.807) is 0 Å². The molecule has 1 aromatic rings. The summed E-state index contributed by atoms with van der Waals surface area (Å²) >= 11 is 5.69. The summed E-state index contributed by atoms with van der Waals surface area (Å²) in [6.07, 6.45) is 4.50. The molecule has 2 rings (SSSR count).